The first-order valence-corrected chi connectivity index (χ1v) is 14.5. The molecule has 3 N–H and O–H groups in total. The first-order valence-electron chi connectivity index (χ1n) is 13.0. The molecule has 0 unspecified atom stereocenters. The number of aliphatic hydroxyl groups is 3. The van der Waals surface area contributed by atoms with Crippen LogP contribution in [0.1, 0.15) is 47.8 Å². The molecule has 1 saturated heterocycles. The van der Waals surface area contributed by atoms with Crippen LogP contribution in [0.25, 0.3) is 0 Å². The number of aliphatic hydroxyl groups excluding tert-OH is 2. The number of alkyl halides is 1. The van der Waals surface area contributed by atoms with Crippen LogP contribution in [-0.2, 0) is 16.6 Å². The molecule has 8 nitrogen and oxygen atoms in total. The van der Waals surface area contributed by atoms with Gasteiger partial charge in [0, 0.05) is 36.8 Å². The number of nitriles is 1. The van der Waals surface area contributed by atoms with Crippen molar-refractivity contribution in [1.29, 1.82) is 5.26 Å². The van der Waals surface area contributed by atoms with E-state index >= 15 is 0 Å². The van der Waals surface area contributed by atoms with Gasteiger partial charge in [0.05, 0.1) is 41.3 Å². The van der Waals surface area contributed by atoms with Crippen molar-refractivity contribution < 1.29 is 20.1 Å². The number of nitrogens with zero attached hydrogens (tertiary/aromatic N) is 4. The van der Waals surface area contributed by atoms with Crippen LogP contribution in [0.15, 0.2) is 60.8 Å². The van der Waals surface area contributed by atoms with E-state index in [4.69, 9.17) is 4.74 Å². The lowest BCUT2D eigenvalue weighted by Gasteiger charge is -2.45. The minimum absolute atomic E-state index is 0.0420. The third-order valence-electron chi connectivity index (χ3n) is 7.00. The van der Waals surface area contributed by atoms with Crippen molar-refractivity contribution in [2.24, 2.45) is 0 Å². The molecule has 39 heavy (non-hydrogen) atoms. The maximum Gasteiger partial charge on any atom is 0.120 e. The molecule has 3 aromatic rings. The Balaban J connectivity index is 1.62. The average molecular weight is 643 g/mol. The average Bonchev–Trinajstić information content (AvgIpc) is 2.96. The van der Waals surface area contributed by atoms with Crippen LogP contribution in [0.2, 0.25) is 0 Å². The molecule has 3 atom stereocenters. The molecular formula is C30H35IN4O4. The SMILES string of the molecule is C[C@H](O)COc1ccc(N2CCN(C[C@@](C)(O)c3ccnc(CO)c3)C[C@H]2c2ccc(CI)cc2)c(C#N)c1. The van der Waals surface area contributed by atoms with Crippen molar-refractivity contribution in [2.45, 2.75) is 42.6 Å². The number of aromatic nitrogens is 1. The summed E-state index contributed by atoms with van der Waals surface area (Å²) in [5, 5.41) is 40.5. The summed E-state index contributed by atoms with van der Waals surface area (Å²) in [6, 6.07) is 19.9. The predicted molar refractivity (Wildman–Crippen MR) is 159 cm³/mol. The van der Waals surface area contributed by atoms with Crippen molar-refractivity contribution in [3.8, 4) is 11.8 Å². The molecule has 9 heteroatoms. The van der Waals surface area contributed by atoms with Gasteiger partial charge in [-0.25, -0.2) is 0 Å². The van der Waals surface area contributed by atoms with Gasteiger partial charge in [-0.2, -0.15) is 5.26 Å². The number of rotatable bonds is 10. The maximum absolute atomic E-state index is 11.4. The molecule has 1 aromatic heterocycles. The highest BCUT2D eigenvalue weighted by atomic mass is 127. The summed E-state index contributed by atoms with van der Waals surface area (Å²) in [5.41, 5.74) is 3.83. The van der Waals surface area contributed by atoms with Crippen LogP contribution < -0.4 is 9.64 Å². The lowest BCUT2D eigenvalue weighted by molar-refractivity contribution is 0.0101. The molecule has 1 aliphatic heterocycles. The van der Waals surface area contributed by atoms with Crippen LogP contribution in [0.5, 0.6) is 5.75 Å². The normalized spacial score (nSPS) is 18.3. The van der Waals surface area contributed by atoms with E-state index in [9.17, 15) is 20.6 Å². The zero-order chi connectivity index (χ0) is 28.0. The minimum atomic E-state index is -1.13. The monoisotopic (exact) mass is 642 g/mol. The topological polar surface area (TPSA) is 113 Å². The fourth-order valence-corrected chi connectivity index (χ4v) is 5.48. The van der Waals surface area contributed by atoms with Gasteiger partial charge >= 0.3 is 0 Å². The van der Waals surface area contributed by atoms with E-state index in [1.807, 2.05) is 12.1 Å². The summed E-state index contributed by atoms with van der Waals surface area (Å²) in [5.74, 6) is 0.549. The zero-order valence-electron chi connectivity index (χ0n) is 22.3. The summed E-state index contributed by atoms with van der Waals surface area (Å²) in [7, 11) is 0. The number of halogens is 1. The second-order valence-electron chi connectivity index (χ2n) is 10.2. The first kappa shape index (κ1) is 29.2. The van der Waals surface area contributed by atoms with Gasteiger partial charge in [-0.1, -0.05) is 46.9 Å². The van der Waals surface area contributed by atoms with E-state index in [1.54, 1.807) is 38.2 Å². The molecule has 2 heterocycles. The maximum atomic E-state index is 11.4. The van der Waals surface area contributed by atoms with Crippen LogP contribution >= 0.6 is 22.6 Å². The Morgan fingerprint density at radius 2 is 1.95 bits per heavy atom. The molecule has 0 bridgehead atoms. The number of benzene rings is 2. The smallest absolute Gasteiger partial charge is 0.120 e. The highest BCUT2D eigenvalue weighted by Gasteiger charge is 2.34. The zero-order valence-corrected chi connectivity index (χ0v) is 24.5. The summed E-state index contributed by atoms with van der Waals surface area (Å²) < 4.78 is 6.57. The molecule has 206 valence electrons. The minimum Gasteiger partial charge on any atom is -0.491 e. The van der Waals surface area contributed by atoms with Crippen molar-refractivity contribution in [1.82, 2.24) is 9.88 Å². The molecule has 4 rings (SSSR count). The van der Waals surface area contributed by atoms with Crippen LogP contribution in [-0.4, -0.2) is 64.1 Å². The second kappa shape index (κ2) is 13.1. The first-order chi connectivity index (χ1) is 18.7. The number of hydrogen-bond acceptors (Lipinski definition) is 8. The number of β-amino-alcohol motifs (C(OH)–C–C–N with tert-alkyl or cyclic N) is 1. The Morgan fingerprint density at radius 3 is 2.62 bits per heavy atom. The van der Waals surface area contributed by atoms with Gasteiger partial charge < -0.3 is 25.0 Å². The summed E-state index contributed by atoms with van der Waals surface area (Å²) in [6.07, 6.45) is 1.01. The highest BCUT2D eigenvalue weighted by molar-refractivity contribution is 14.1. The third kappa shape index (κ3) is 7.26. The molecule has 2 aromatic carbocycles. The Hall–Kier alpha value is -2.75. The van der Waals surface area contributed by atoms with Crippen molar-refractivity contribution >= 4 is 28.3 Å². The Kier molecular flexibility index (Phi) is 9.80. The van der Waals surface area contributed by atoms with Gasteiger partial charge in [0.2, 0.25) is 0 Å². The Morgan fingerprint density at radius 1 is 1.18 bits per heavy atom. The van der Waals surface area contributed by atoms with E-state index in [-0.39, 0.29) is 19.3 Å². The third-order valence-corrected chi connectivity index (χ3v) is 7.89. The lowest BCUT2D eigenvalue weighted by atomic mass is 9.93. The summed E-state index contributed by atoms with van der Waals surface area (Å²) in [4.78, 5) is 8.65. The number of piperazine rings is 1. The predicted octanol–water partition coefficient (Wildman–Crippen LogP) is 3.91. The van der Waals surface area contributed by atoms with Gasteiger partial charge in [0.1, 0.15) is 18.4 Å². The Labute approximate surface area is 243 Å². The number of pyridine rings is 1. The van der Waals surface area contributed by atoms with Crippen LogP contribution in [0, 0.1) is 11.3 Å². The molecule has 1 fully saturated rings. The highest BCUT2D eigenvalue weighted by Crippen LogP contribution is 2.36. The number of anilines is 1. The van der Waals surface area contributed by atoms with E-state index in [2.05, 4.69) is 67.7 Å². The van der Waals surface area contributed by atoms with E-state index < -0.39 is 11.7 Å². The number of hydrogen-bond donors (Lipinski definition) is 3. The van der Waals surface area contributed by atoms with Gasteiger partial charge in [0.25, 0.3) is 0 Å². The quantitative estimate of drug-likeness (QED) is 0.226. The molecule has 0 radical (unpaired) electrons. The van der Waals surface area contributed by atoms with Gasteiger partial charge in [-0.3, -0.25) is 9.88 Å². The largest absolute Gasteiger partial charge is 0.491 e. The fraction of sp³-hybridized carbons (Fsp3) is 0.400. The van der Waals surface area contributed by atoms with Gasteiger partial charge in [-0.05, 0) is 60.9 Å². The van der Waals surface area contributed by atoms with Crippen molar-refractivity contribution in [2.75, 3.05) is 37.7 Å². The molecular weight excluding hydrogens is 607 g/mol. The molecule has 0 saturated carbocycles. The van der Waals surface area contributed by atoms with E-state index in [1.165, 1.54) is 5.56 Å². The number of ether oxygens (including phenoxy) is 1. The molecule has 0 spiro atoms. The Bertz CT molecular complexity index is 1290. The standard InChI is InChI=1S/C30H35IN4O4/c1-21(37)19-39-27-7-8-28(24(13-27)16-32)35-12-11-34(17-29(35)23-5-3-22(15-31)4-6-23)20-30(2,38)25-9-10-33-26(14-25)18-36/h3-10,13-14,21,29,36-38H,11-12,15,17-20H2,1-2H3/t21-,29-,30+/m0/s1. The summed E-state index contributed by atoms with van der Waals surface area (Å²) >= 11 is 2.35. The van der Waals surface area contributed by atoms with Crippen molar-refractivity contribution in [3.63, 3.8) is 0 Å². The lowest BCUT2D eigenvalue weighted by Crippen LogP contribution is -2.52. The molecule has 1 aliphatic rings. The summed E-state index contributed by atoms with van der Waals surface area (Å²) in [6.45, 7) is 5.85. The van der Waals surface area contributed by atoms with E-state index in [0.717, 1.165) is 15.7 Å². The van der Waals surface area contributed by atoms with Crippen LogP contribution in [0.4, 0.5) is 5.69 Å². The van der Waals surface area contributed by atoms with Gasteiger partial charge in [-0.15, -0.1) is 0 Å². The van der Waals surface area contributed by atoms with Crippen molar-refractivity contribution in [3.05, 3.63) is 88.7 Å². The van der Waals surface area contributed by atoms with E-state index in [0.29, 0.717) is 48.7 Å². The van der Waals surface area contributed by atoms with Crippen LogP contribution in [0.3, 0.4) is 0 Å². The fourth-order valence-electron chi connectivity index (χ4n) is 4.97. The second-order valence-corrected chi connectivity index (χ2v) is 11.0. The molecule has 0 amide bonds. The van der Waals surface area contributed by atoms with Gasteiger partial charge in [0.15, 0.2) is 0 Å². The molecule has 0 aliphatic carbocycles.